The van der Waals surface area contributed by atoms with Gasteiger partial charge < -0.3 is 15.4 Å². The minimum absolute atomic E-state index is 0.237. The summed E-state index contributed by atoms with van der Waals surface area (Å²) in [6, 6.07) is 5.28. The minimum Gasteiger partial charge on any atom is -0.449 e. The summed E-state index contributed by atoms with van der Waals surface area (Å²) in [6.45, 7) is 1.74. The fraction of sp³-hybridized carbons (Fsp3) is 0.308. The molecule has 1 aromatic carbocycles. The number of hydrogen-bond acceptors (Lipinski definition) is 4. The molecular weight excluding hydrogens is 246 g/mol. The van der Waals surface area contributed by atoms with Crippen LogP contribution in [0.2, 0.25) is 0 Å². The van der Waals surface area contributed by atoms with Gasteiger partial charge in [0, 0.05) is 6.07 Å². The van der Waals surface area contributed by atoms with Crippen molar-refractivity contribution in [2.45, 2.75) is 12.8 Å². The first-order valence-electron chi connectivity index (χ1n) is 6.32. The normalized spacial score (nSPS) is 18.7. The molecule has 2 aliphatic rings. The predicted octanol–water partition coefficient (Wildman–Crippen LogP) is 0.239. The number of piperidine rings is 1. The lowest BCUT2D eigenvalue weighted by Crippen LogP contribution is -2.74. The van der Waals surface area contributed by atoms with E-state index in [1.54, 1.807) is 18.2 Å². The van der Waals surface area contributed by atoms with Crippen molar-refractivity contribution in [3.05, 3.63) is 29.5 Å². The second kappa shape index (κ2) is 5.00. The van der Waals surface area contributed by atoms with Crippen molar-refractivity contribution in [2.24, 2.45) is 0 Å². The van der Waals surface area contributed by atoms with Crippen molar-refractivity contribution >= 4 is 17.3 Å². The molecular formula is C13H16N3O3+. The SMILES string of the molecule is O=C1Nc2c([NH2+]O)cccc2OC1=C1CCNCC1. The van der Waals surface area contributed by atoms with E-state index >= 15 is 0 Å². The molecule has 0 radical (unpaired) electrons. The van der Waals surface area contributed by atoms with Crippen LogP contribution in [-0.4, -0.2) is 24.2 Å². The van der Waals surface area contributed by atoms with Crippen molar-refractivity contribution in [3.8, 4) is 5.75 Å². The summed E-state index contributed by atoms with van der Waals surface area (Å²) >= 11 is 0. The molecule has 1 amide bonds. The number of nitrogens with one attached hydrogen (secondary N) is 2. The monoisotopic (exact) mass is 262 g/mol. The van der Waals surface area contributed by atoms with Crippen LogP contribution in [0.3, 0.4) is 0 Å². The van der Waals surface area contributed by atoms with Crippen LogP contribution in [0.5, 0.6) is 5.75 Å². The molecule has 1 aromatic rings. The Morgan fingerprint density at radius 3 is 2.79 bits per heavy atom. The lowest BCUT2D eigenvalue weighted by Gasteiger charge is -2.24. The molecule has 1 fully saturated rings. The Hall–Kier alpha value is -1.89. The van der Waals surface area contributed by atoms with Gasteiger partial charge in [-0.15, -0.1) is 0 Å². The number of benzene rings is 1. The van der Waals surface area contributed by atoms with E-state index in [9.17, 15) is 4.79 Å². The van der Waals surface area contributed by atoms with Crippen LogP contribution in [-0.2, 0) is 4.79 Å². The van der Waals surface area contributed by atoms with Gasteiger partial charge in [-0.2, -0.15) is 5.48 Å². The topological polar surface area (TPSA) is 87.2 Å². The summed E-state index contributed by atoms with van der Waals surface area (Å²) in [4.78, 5) is 12.1. The van der Waals surface area contributed by atoms with Gasteiger partial charge in [-0.25, -0.2) is 5.21 Å². The molecule has 6 heteroatoms. The molecule has 2 aliphatic heterocycles. The zero-order valence-electron chi connectivity index (χ0n) is 10.4. The van der Waals surface area contributed by atoms with Crippen LogP contribution in [0.1, 0.15) is 12.8 Å². The number of anilines is 1. The molecule has 0 unspecified atom stereocenters. The summed E-state index contributed by atoms with van der Waals surface area (Å²) in [5.41, 5.74) is 3.07. The van der Waals surface area contributed by atoms with Gasteiger partial charge in [-0.3, -0.25) is 4.79 Å². The number of para-hydroxylation sites is 1. The standard InChI is InChI=1S/C13H15N3O3/c17-13-12(8-4-6-14-7-5-8)19-10-3-1-2-9(16-18)11(10)15-13/h1-3,14,16,18H,4-7H2,(H,15,17)/p+1. The first kappa shape index (κ1) is 12.2. The average molecular weight is 262 g/mol. The van der Waals surface area contributed by atoms with E-state index in [1.165, 1.54) is 0 Å². The molecule has 0 saturated carbocycles. The van der Waals surface area contributed by atoms with Crippen LogP contribution in [0.25, 0.3) is 0 Å². The fourth-order valence-corrected chi connectivity index (χ4v) is 2.39. The van der Waals surface area contributed by atoms with E-state index in [2.05, 4.69) is 10.6 Å². The van der Waals surface area contributed by atoms with Crippen molar-refractivity contribution in [1.82, 2.24) is 5.32 Å². The predicted molar refractivity (Wildman–Crippen MR) is 68.2 cm³/mol. The van der Waals surface area contributed by atoms with Crippen molar-refractivity contribution in [3.63, 3.8) is 0 Å². The molecule has 0 bridgehead atoms. The number of carbonyl (C=O) groups is 1. The Labute approximate surface area is 110 Å². The highest BCUT2D eigenvalue weighted by Crippen LogP contribution is 2.36. The first-order chi connectivity index (χ1) is 9.29. The molecule has 0 aromatic heterocycles. The number of ether oxygens (including phenoxy) is 1. The van der Waals surface area contributed by atoms with E-state index < -0.39 is 0 Å². The molecule has 5 N–H and O–H groups in total. The fourth-order valence-electron chi connectivity index (χ4n) is 2.39. The Bertz CT molecular complexity index is 546. The molecule has 0 aliphatic carbocycles. The van der Waals surface area contributed by atoms with Crippen LogP contribution >= 0.6 is 0 Å². The lowest BCUT2D eigenvalue weighted by atomic mass is 10.0. The molecule has 3 rings (SSSR count). The maximum absolute atomic E-state index is 12.1. The number of amides is 1. The minimum atomic E-state index is -0.237. The highest BCUT2D eigenvalue weighted by Gasteiger charge is 2.28. The molecule has 0 atom stereocenters. The van der Waals surface area contributed by atoms with E-state index in [1.807, 2.05) is 0 Å². The smallest absolute Gasteiger partial charge is 0.291 e. The average Bonchev–Trinajstić information content (AvgIpc) is 2.47. The summed E-state index contributed by atoms with van der Waals surface area (Å²) in [7, 11) is 0. The second-order valence-electron chi connectivity index (χ2n) is 4.59. The number of carbonyl (C=O) groups excluding carboxylic acids is 1. The lowest BCUT2D eigenvalue weighted by molar-refractivity contribution is -0.825. The highest BCUT2D eigenvalue weighted by atomic mass is 16.5. The molecule has 100 valence electrons. The van der Waals surface area contributed by atoms with E-state index in [4.69, 9.17) is 9.94 Å². The van der Waals surface area contributed by atoms with E-state index in [-0.39, 0.29) is 5.91 Å². The largest absolute Gasteiger partial charge is 0.449 e. The van der Waals surface area contributed by atoms with Gasteiger partial charge in [-0.05, 0) is 37.6 Å². The molecule has 6 nitrogen and oxygen atoms in total. The third-order valence-electron chi connectivity index (χ3n) is 3.38. The number of rotatable bonds is 1. The van der Waals surface area contributed by atoms with Gasteiger partial charge in [-0.1, -0.05) is 6.07 Å². The maximum atomic E-state index is 12.1. The van der Waals surface area contributed by atoms with Crippen LogP contribution in [0.4, 0.5) is 11.4 Å². The van der Waals surface area contributed by atoms with Gasteiger partial charge in [0.2, 0.25) is 0 Å². The number of hydrogen-bond donors (Lipinski definition) is 4. The maximum Gasteiger partial charge on any atom is 0.291 e. The quantitative estimate of drug-likeness (QED) is 0.332. The number of fused-ring (bicyclic) bond motifs is 1. The highest BCUT2D eigenvalue weighted by molar-refractivity contribution is 6.07. The Morgan fingerprint density at radius 1 is 1.26 bits per heavy atom. The van der Waals surface area contributed by atoms with Gasteiger partial charge in [0.1, 0.15) is 5.69 Å². The summed E-state index contributed by atoms with van der Waals surface area (Å²) in [5, 5.41) is 15.2. The zero-order valence-corrected chi connectivity index (χ0v) is 10.4. The summed E-state index contributed by atoms with van der Waals surface area (Å²) in [6.07, 6.45) is 1.65. The Kier molecular flexibility index (Phi) is 3.20. The third kappa shape index (κ3) is 2.21. The molecule has 1 saturated heterocycles. The second-order valence-corrected chi connectivity index (χ2v) is 4.59. The van der Waals surface area contributed by atoms with Crippen LogP contribution in [0, 0.1) is 0 Å². The van der Waals surface area contributed by atoms with Crippen LogP contribution in [0.15, 0.2) is 29.5 Å². The van der Waals surface area contributed by atoms with E-state index in [0.717, 1.165) is 37.0 Å². The van der Waals surface area contributed by atoms with Crippen molar-refractivity contribution in [2.75, 3.05) is 18.4 Å². The number of quaternary nitrogens is 1. The third-order valence-corrected chi connectivity index (χ3v) is 3.38. The molecule has 2 heterocycles. The number of nitrogens with two attached hydrogens (primary N) is 1. The van der Waals surface area contributed by atoms with Gasteiger partial charge in [0.25, 0.3) is 5.91 Å². The van der Waals surface area contributed by atoms with Crippen LogP contribution < -0.4 is 20.9 Å². The Morgan fingerprint density at radius 2 is 2.05 bits per heavy atom. The van der Waals surface area contributed by atoms with Gasteiger partial charge in [0.05, 0.1) is 0 Å². The Balaban J connectivity index is 1.98. The summed E-state index contributed by atoms with van der Waals surface area (Å²) < 4.78 is 5.73. The van der Waals surface area contributed by atoms with Crippen molar-refractivity contribution in [1.29, 1.82) is 0 Å². The van der Waals surface area contributed by atoms with Crippen molar-refractivity contribution < 1.29 is 20.2 Å². The molecule has 0 spiro atoms. The first-order valence-corrected chi connectivity index (χ1v) is 6.32. The zero-order chi connectivity index (χ0) is 13.2. The molecule has 19 heavy (non-hydrogen) atoms. The van der Waals surface area contributed by atoms with E-state index in [0.29, 0.717) is 22.9 Å². The van der Waals surface area contributed by atoms with Gasteiger partial charge >= 0.3 is 0 Å². The van der Waals surface area contributed by atoms with Gasteiger partial charge in [0.15, 0.2) is 17.2 Å². The summed E-state index contributed by atoms with van der Waals surface area (Å²) in [5.74, 6) is 0.742.